The third-order valence-corrected chi connectivity index (χ3v) is 6.42. The van der Waals surface area contributed by atoms with Gasteiger partial charge in [-0.05, 0) is 37.4 Å². The molecule has 2 aliphatic rings. The van der Waals surface area contributed by atoms with Gasteiger partial charge in [-0.2, -0.15) is 0 Å². The van der Waals surface area contributed by atoms with Crippen LogP contribution in [0.4, 0.5) is 11.5 Å². The van der Waals surface area contributed by atoms with Gasteiger partial charge >= 0.3 is 0 Å². The van der Waals surface area contributed by atoms with Crippen molar-refractivity contribution in [1.29, 1.82) is 0 Å². The number of H-pyrrole nitrogens is 1. The van der Waals surface area contributed by atoms with E-state index < -0.39 is 0 Å². The van der Waals surface area contributed by atoms with Crippen molar-refractivity contribution in [1.82, 2.24) is 29.8 Å². The summed E-state index contributed by atoms with van der Waals surface area (Å²) in [6.07, 6.45) is 7.21. The van der Waals surface area contributed by atoms with Gasteiger partial charge in [-0.1, -0.05) is 0 Å². The number of hydrogen-bond donors (Lipinski definition) is 2. The van der Waals surface area contributed by atoms with Crippen molar-refractivity contribution in [2.45, 2.75) is 6.54 Å². The van der Waals surface area contributed by atoms with Gasteiger partial charge in [-0.25, -0.2) is 15.0 Å². The zero-order chi connectivity index (χ0) is 22.4. The Kier molecular flexibility index (Phi) is 4.69. The van der Waals surface area contributed by atoms with Crippen molar-refractivity contribution in [2.24, 2.45) is 0 Å². The second-order valence-corrected chi connectivity index (χ2v) is 8.48. The number of carbonyl (C=O) groups excluding carboxylic acids is 1. The molecule has 9 heteroatoms. The molecule has 2 N–H and O–H groups in total. The normalized spacial score (nSPS) is 16.5. The van der Waals surface area contributed by atoms with Crippen molar-refractivity contribution in [3.8, 4) is 11.3 Å². The van der Waals surface area contributed by atoms with E-state index in [1.165, 1.54) is 0 Å². The molecule has 6 rings (SSSR count). The quantitative estimate of drug-likeness (QED) is 0.504. The number of nitrogens with one attached hydrogen (secondary N) is 2. The third-order valence-electron chi connectivity index (χ3n) is 6.42. The number of carbonyl (C=O) groups is 1. The number of amides is 1. The molecule has 1 fully saturated rings. The van der Waals surface area contributed by atoms with E-state index in [-0.39, 0.29) is 5.91 Å². The fraction of sp³-hybridized carbons (Fsp3) is 0.250. The molecule has 1 saturated heterocycles. The molecule has 0 spiro atoms. The van der Waals surface area contributed by atoms with E-state index in [1.54, 1.807) is 23.5 Å². The number of aromatic nitrogens is 4. The lowest BCUT2D eigenvalue weighted by Crippen LogP contribution is -2.44. The molecule has 166 valence electrons. The lowest BCUT2D eigenvalue weighted by Gasteiger charge is -2.33. The van der Waals surface area contributed by atoms with E-state index in [9.17, 15) is 4.79 Å². The molecule has 2 aliphatic heterocycles. The summed E-state index contributed by atoms with van der Waals surface area (Å²) in [7, 11) is 2.14. The summed E-state index contributed by atoms with van der Waals surface area (Å²) in [5.41, 5.74) is 8.37. The van der Waals surface area contributed by atoms with E-state index in [0.29, 0.717) is 17.9 Å². The molecular weight excluding hydrogens is 416 g/mol. The summed E-state index contributed by atoms with van der Waals surface area (Å²) in [5, 5.41) is 2.58. The SMILES string of the molecule is CN1CCN(c2ccc(NN3Cc4c(ccnc4-c4c[nH]c5ncccc45)C3=O)nc2)CC1. The maximum Gasteiger partial charge on any atom is 0.273 e. The van der Waals surface area contributed by atoms with E-state index in [1.807, 2.05) is 30.6 Å². The number of nitrogens with zero attached hydrogens (tertiary/aromatic N) is 6. The number of fused-ring (bicyclic) bond motifs is 2. The molecule has 6 heterocycles. The molecule has 4 aromatic rings. The zero-order valence-electron chi connectivity index (χ0n) is 18.3. The van der Waals surface area contributed by atoms with Crippen LogP contribution in [-0.4, -0.2) is 69.0 Å². The van der Waals surface area contributed by atoms with Gasteiger partial charge < -0.3 is 14.8 Å². The van der Waals surface area contributed by atoms with E-state index >= 15 is 0 Å². The Hall–Kier alpha value is -3.98. The summed E-state index contributed by atoms with van der Waals surface area (Å²) in [6.45, 7) is 4.48. The second-order valence-electron chi connectivity index (χ2n) is 8.48. The predicted octanol–water partition coefficient (Wildman–Crippen LogP) is 2.75. The highest BCUT2D eigenvalue weighted by Crippen LogP contribution is 2.34. The zero-order valence-corrected chi connectivity index (χ0v) is 18.3. The molecule has 0 bridgehead atoms. The van der Waals surface area contributed by atoms with Crippen LogP contribution in [0.15, 0.2) is 55.1 Å². The number of piperazine rings is 1. The molecule has 1 amide bonds. The average Bonchev–Trinajstić information content (AvgIpc) is 3.41. The van der Waals surface area contributed by atoms with E-state index in [2.05, 4.69) is 48.3 Å². The molecule has 0 atom stereocenters. The molecule has 9 nitrogen and oxygen atoms in total. The Morgan fingerprint density at radius 3 is 2.67 bits per heavy atom. The minimum Gasteiger partial charge on any atom is -0.368 e. The first kappa shape index (κ1) is 19.7. The number of pyridine rings is 3. The molecule has 0 radical (unpaired) electrons. The van der Waals surface area contributed by atoms with Gasteiger partial charge in [0.05, 0.1) is 29.7 Å². The summed E-state index contributed by atoms with van der Waals surface area (Å²) in [4.78, 5) is 34.5. The number of likely N-dealkylation sites (N-methyl/N-ethyl adjacent to an activating group) is 1. The van der Waals surface area contributed by atoms with Crippen LogP contribution in [0, 0.1) is 0 Å². The van der Waals surface area contributed by atoms with Gasteiger partial charge in [0.25, 0.3) is 5.91 Å². The van der Waals surface area contributed by atoms with Crippen LogP contribution in [-0.2, 0) is 6.54 Å². The summed E-state index contributed by atoms with van der Waals surface area (Å²) in [6, 6.07) is 9.67. The molecule has 0 saturated carbocycles. The van der Waals surface area contributed by atoms with Gasteiger partial charge in [0.1, 0.15) is 11.5 Å². The van der Waals surface area contributed by atoms with Crippen molar-refractivity contribution in [3.05, 3.63) is 66.2 Å². The van der Waals surface area contributed by atoms with Crippen LogP contribution < -0.4 is 10.3 Å². The van der Waals surface area contributed by atoms with Crippen LogP contribution in [0.3, 0.4) is 0 Å². The molecule has 4 aromatic heterocycles. The van der Waals surface area contributed by atoms with Gasteiger partial charge in [0.15, 0.2) is 0 Å². The summed E-state index contributed by atoms with van der Waals surface area (Å²) in [5.74, 6) is 0.552. The first-order valence-electron chi connectivity index (χ1n) is 11.1. The third kappa shape index (κ3) is 3.46. The van der Waals surface area contributed by atoms with E-state index in [0.717, 1.165) is 59.7 Å². The van der Waals surface area contributed by atoms with Crippen molar-refractivity contribution >= 4 is 28.4 Å². The van der Waals surface area contributed by atoms with Crippen molar-refractivity contribution in [2.75, 3.05) is 43.6 Å². The average molecular weight is 441 g/mol. The number of hydrogen-bond acceptors (Lipinski definition) is 7. The number of hydrazine groups is 1. The fourth-order valence-electron chi connectivity index (χ4n) is 4.54. The minimum atomic E-state index is -0.0865. The first-order chi connectivity index (χ1) is 16.2. The van der Waals surface area contributed by atoms with Gasteiger partial charge in [-0.15, -0.1) is 0 Å². The standard InChI is InChI=1S/C24H24N8O/c1-30-9-11-31(12-10-30)16-4-5-21(27-13-16)29-32-15-20-18(24(32)33)6-8-25-22(20)19-14-28-23-17(19)3-2-7-26-23/h2-8,13-14H,9-12,15H2,1H3,(H,26,28)(H,27,29). The Balaban J connectivity index is 1.23. The molecule has 0 aromatic carbocycles. The second kappa shape index (κ2) is 7.86. The first-order valence-corrected chi connectivity index (χ1v) is 11.1. The fourth-order valence-corrected chi connectivity index (χ4v) is 4.54. The van der Waals surface area contributed by atoms with Crippen LogP contribution in [0.1, 0.15) is 15.9 Å². The lowest BCUT2D eigenvalue weighted by atomic mass is 10.0. The molecule has 0 unspecified atom stereocenters. The molecular formula is C24H24N8O. The largest absolute Gasteiger partial charge is 0.368 e. The van der Waals surface area contributed by atoms with Crippen LogP contribution in [0.25, 0.3) is 22.3 Å². The Labute approximate surface area is 191 Å². The maximum absolute atomic E-state index is 13.1. The van der Waals surface area contributed by atoms with Crippen LogP contribution in [0.5, 0.6) is 0 Å². The summed E-state index contributed by atoms with van der Waals surface area (Å²) >= 11 is 0. The van der Waals surface area contributed by atoms with Crippen LogP contribution >= 0.6 is 0 Å². The van der Waals surface area contributed by atoms with Gasteiger partial charge in [-0.3, -0.25) is 15.2 Å². The summed E-state index contributed by atoms with van der Waals surface area (Å²) < 4.78 is 0. The number of rotatable bonds is 4. The number of anilines is 2. The van der Waals surface area contributed by atoms with Crippen LogP contribution in [0.2, 0.25) is 0 Å². The Morgan fingerprint density at radius 1 is 0.970 bits per heavy atom. The highest BCUT2D eigenvalue weighted by atomic mass is 16.2. The Morgan fingerprint density at radius 2 is 1.85 bits per heavy atom. The van der Waals surface area contributed by atoms with Crippen molar-refractivity contribution in [3.63, 3.8) is 0 Å². The van der Waals surface area contributed by atoms with E-state index in [4.69, 9.17) is 0 Å². The van der Waals surface area contributed by atoms with Gasteiger partial charge in [0, 0.05) is 61.3 Å². The number of aromatic amines is 1. The van der Waals surface area contributed by atoms with Crippen molar-refractivity contribution < 1.29 is 4.79 Å². The minimum absolute atomic E-state index is 0.0865. The maximum atomic E-state index is 13.1. The topological polar surface area (TPSA) is 93.3 Å². The highest BCUT2D eigenvalue weighted by molar-refractivity contribution is 6.02. The monoisotopic (exact) mass is 440 g/mol. The lowest BCUT2D eigenvalue weighted by molar-refractivity contribution is 0.0814. The highest BCUT2D eigenvalue weighted by Gasteiger charge is 2.31. The van der Waals surface area contributed by atoms with Gasteiger partial charge in [0.2, 0.25) is 0 Å². The Bertz CT molecular complexity index is 1320. The smallest absolute Gasteiger partial charge is 0.273 e. The molecule has 33 heavy (non-hydrogen) atoms. The molecule has 0 aliphatic carbocycles. The predicted molar refractivity (Wildman–Crippen MR) is 127 cm³/mol.